The fraction of sp³-hybridized carbons (Fsp3) is 0.579. The lowest BCUT2D eigenvalue weighted by Gasteiger charge is -2.25. The Hall–Kier alpha value is -1.58. The van der Waals surface area contributed by atoms with Crippen molar-refractivity contribution in [1.29, 1.82) is 0 Å². The fourth-order valence-corrected chi connectivity index (χ4v) is 2.60. The average molecular weight is 493 g/mol. The quantitative estimate of drug-likeness (QED) is 0.344. The number of amides is 1. The van der Waals surface area contributed by atoms with E-state index in [-0.39, 0.29) is 42.2 Å². The standard InChI is InChI=1S/C19H32FN5O.HI/c1-7-21-19(24(6)14-18(26)25(8-2)9-3)22-13-15-10-11-17(23(4)5)16(20)12-15;/h10-12H,7-9,13-14H2,1-6H3,(H,21,22);1H. The van der Waals surface area contributed by atoms with Gasteiger partial charge in [-0.3, -0.25) is 4.79 Å². The van der Waals surface area contributed by atoms with Crippen LogP contribution in [0.25, 0.3) is 0 Å². The molecule has 0 aromatic heterocycles. The minimum absolute atomic E-state index is 0. The molecule has 27 heavy (non-hydrogen) atoms. The van der Waals surface area contributed by atoms with Crippen molar-refractivity contribution in [2.75, 3.05) is 52.2 Å². The molecular weight excluding hydrogens is 460 g/mol. The summed E-state index contributed by atoms with van der Waals surface area (Å²) in [6.07, 6.45) is 0. The van der Waals surface area contributed by atoms with Gasteiger partial charge in [0, 0.05) is 40.8 Å². The third-order valence-corrected chi connectivity index (χ3v) is 4.09. The van der Waals surface area contributed by atoms with Crippen molar-refractivity contribution in [3.8, 4) is 0 Å². The zero-order valence-corrected chi connectivity index (χ0v) is 19.6. The summed E-state index contributed by atoms with van der Waals surface area (Å²) in [7, 11) is 5.45. The minimum atomic E-state index is -0.266. The number of guanidine groups is 1. The van der Waals surface area contributed by atoms with Gasteiger partial charge in [-0.05, 0) is 38.5 Å². The van der Waals surface area contributed by atoms with E-state index >= 15 is 0 Å². The summed E-state index contributed by atoms with van der Waals surface area (Å²) in [5.74, 6) is 0.423. The highest BCUT2D eigenvalue weighted by atomic mass is 127. The van der Waals surface area contributed by atoms with Crippen LogP contribution in [0.1, 0.15) is 26.3 Å². The maximum Gasteiger partial charge on any atom is 0.242 e. The van der Waals surface area contributed by atoms with Crippen molar-refractivity contribution in [2.24, 2.45) is 4.99 Å². The van der Waals surface area contributed by atoms with Crippen LogP contribution >= 0.6 is 24.0 Å². The van der Waals surface area contributed by atoms with Gasteiger partial charge in [-0.1, -0.05) is 6.07 Å². The number of benzene rings is 1. The molecule has 0 saturated heterocycles. The van der Waals surface area contributed by atoms with Crippen molar-refractivity contribution < 1.29 is 9.18 Å². The number of hydrogen-bond donors (Lipinski definition) is 1. The molecular formula is C19H33FIN5O. The monoisotopic (exact) mass is 493 g/mol. The van der Waals surface area contributed by atoms with Gasteiger partial charge >= 0.3 is 0 Å². The van der Waals surface area contributed by atoms with Gasteiger partial charge in [0.25, 0.3) is 0 Å². The van der Waals surface area contributed by atoms with Crippen LogP contribution in [0.5, 0.6) is 0 Å². The van der Waals surface area contributed by atoms with Gasteiger partial charge in [-0.25, -0.2) is 9.38 Å². The van der Waals surface area contributed by atoms with Crippen LogP contribution in [0.4, 0.5) is 10.1 Å². The second-order valence-corrected chi connectivity index (χ2v) is 6.27. The largest absolute Gasteiger partial charge is 0.375 e. The van der Waals surface area contributed by atoms with E-state index in [1.807, 2.05) is 33.9 Å². The second kappa shape index (κ2) is 12.7. The minimum Gasteiger partial charge on any atom is -0.375 e. The Morgan fingerprint density at radius 2 is 1.78 bits per heavy atom. The molecule has 1 aromatic rings. The highest BCUT2D eigenvalue weighted by Crippen LogP contribution is 2.18. The van der Waals surface area contributed by atoms with E-state index < -0.39 is 0 Å². The van der Waals surface area contributed by atoms with E-state index in [2.05, 4.69) is 10.3 Å². The Labute approximate surface area is 179 Å². The molecule has 154 valence electrons. The Bertz CT molecular complexity index is 620. The topological polar surface area (TPSA) is 51.2 Å². The first-order valence-corrected chi connectivity index (χ1v) is 9.06. The van der Waals surface area contributed by atoms with Crippen LogP contribution in [0.2, 0.25) is 0 Å². The summed E-state index contributed by atoms with van der Waals surface area (Å²) in [6.45, 7) is 8.57. The second-order valence-electron chi connectivity index (χ2n) is 6.27. The zero-order chi connectivity index (χ0) is 19.7. The molecule has 0 aliphatic carbocycles. The molecule has 0 aliphatic rings. The number of halogens is 2. The molecule has 0 radical (unpaired) electrons. The number of anilines is 1. The van der Waals surface area contributed by atoms with E-state index in [9.17, 15) is 9.18 Å². The number of carbonyl (C=O) groups is 1. The lowest BCUT2D eigenvalue weighted by atomic mass is 10.2. The average Bonchev–Trinajstić information content (AvgIpc) is 2.59. The maximum absolute atomic E-state index is 14.1. The first kappa shape index (κ1) is 25.4. The van der Waals surface area contributed by atoms with Crippen molar-refractivity contribution in [3.05, 3.63) is 29.6 Å². The number of aliphatic imine (C=N–C) groups is 1. The molecule has 0 bridgehead atoms. The van der Waals surface area contributed by atoms with Crippen LogP contribution in [-0.4, -0.2) is 69.0 Å². The molecule has 1 aromatic carbocycles. The van der Waals surface area contributed by atoms with Gasteiger partial charge in [0.15, 0.2) is 5.96 Å². The summed E-state index contributed by atoms with van der Waals surface area (Å²) >= 11 is 0. The molecule has 1 amide bonds. The number of carbonyl (C=O) groups excluding carboxylic acids is 1. The zero-order valence-electron chi connectivity index (χ0n) is 17.3. The molecule has 0 heterocycles. The molecule has 0 spiro atoms. The highest BCUT2D eigenvalue weighted by Gasteiger charge is 2.15. The molecule has 0 saturated carbocycles. The Kier molecular flexibility index (Phi) is 12.0. The van der Waals surface area contributed by atoms with Gasteiger partial charge in [-0.15, -0.1) is 24.0 Å². The normalized spacial score (nSPS) is 10.9. The van der Waals surface area contributed by atoms with Crippen molar-refractivity contribution in [3.63, 3.8) is 0 Å². The summed E-state index contributed by atoms with van der Waals surface area (Å²) in [4.78, 5) is 22.2. The number of likely N-dealkylation sites (N-methyl/N-ethyl adjacent to an activating group) is 2. The molecule has 0 unspecified atom stereocenters. The molecule has 1 N–H and O–H groups in total. The van der Waals surface area contributed by atoms with Gasteiger partial charge in [0.05, 0.1) is 18.8 Å². The van der Waals surface area contributed by atoms with E-state index in [0.29, 0.717) is 37.8 Å². The van der Waals surface area contributed by atoms with Crippen LogP contribution in [-0.2, 0) is 11.3 Å². The molecule has 6 nitrogen and oxygen atoms in total. The number of nitrogens with zero attached hydrogens (tertiary/aromatic N) is 4. The SMILES string of the molecule is CCNC(=NCc1ccc(N(C)C)c(F)c1)N(C)CC(=O)N(CC)CC.I. The highest BCUT2D eigenvalue weighted by molar-refractivity contribution is 14.0. The summed E-state index contributed by atoms with van der Waals surface area (Å²) in [5, 5.41) is 3.18. The van der Waals surface area contributed by atoms with Crippen LogP contribution in [0, 0.1) is 5.82 Å². The first-order chi connectivity index (χ1) is 12.3. The Morgan fingerprint density at radius 1 is 1.15 bits per heavy atom. The van der Waals surface area contributed by atoms with E-state index in [4.69, 9.17) is 0 Å². The molecule has 0 aliphatic heterocycles. The predicted octanol–water partition coefficient (Wildman–Crippen LogP) is 2.78. The Balaban J connectivity index is 0.00000676. The Morgan fingerprint density at radius 3 is 2.26 bits per heavy atom. The van der Waals surface area contributed by atoms with Crippen LogP contribution in [0.15, 0.2) is 23.2 Å². The van der Waals surface area contributed by atoms with E-state index in [0.717, 1.165) is 5.56 Å². The van der Waals surface area contributed by atoms with Crippen molar-refractivity contribution in [2.45, 2.75) is 27.3 Å². The van der Waals surface area contributed by atoms with Crippen molar-refractivity contribution in [1.82, 2.24) is 15.1 Å². The summed E-state index contributed by atoms with van der Waals surface area (Å²) in [5.41, 5.74) is 1.33. The summed E-state index contributed by atoms with van der Waals surface area (Å²) in [6, 6.07) is 5.12. The van der Waals surface area contributed by atoms with E-state index in [1.165, 1.54) is 6.07 Å². The van der Waals surface area contributed by atoms with Gasteiger partial charge < -0.3 is 20.0 Å². The molecule has 0 atom stereocenters. The predicted molar refractivity (Wildman–Crippen MR) is 122 cm³/mol. The smallest absolute Gasteiger partial charge is 0.242 e. The number of nitrogens with one attached hydrogen (secondary N) is 1. The lowest BCUT2D eigenvalue weighted by molar-refractivity contribution is -0.131. The molecule has 1 rings (SSSR count). The number of hydrogen-bond acceptors (Lipinski definition) is 3. The van der Waals surface area contributed by atoms with E-state index in [1.54, 1.807) is 34.9 Å². The lowest BCUT2D eigenvalue weighted by Crippen LogP contribution is -2.45. The maximum atomic E-state index is 14.1. The third kappa shape index (κ3) is 7.90. The molecule has 8 heteroatoms. The third-order valence-electron chi connectivity index (χ3n) is 4.09. The summed E-state index contributed by atoms with van der Waals surface area (Å²) < 4.78 is 14.1. The van der Waals surface area contributed by atoms with Crippen LogP contribution in [0.3, 0.4) is 0 Å². The van der Waals surface area contributed by atoms with Gasteiger partial charge in [0.2, 0.25) is 5.91 Å². The first-order valence-electron chi connectivity index (χ1n) is 9.06. The van der Waals surface area contributed by atoms with Gasteiger partial charge in [0.1, 0.15) is 5.82 Å². The van der Waals surface area contributed by atoms with Crippen LogP contribution < -0.4 is 10.2 Å². The van der Waals surface area contributed by atoms with Crippen molar-refractivity contribution >= 4 is 41.5 Å². The number of rotatable bonds is 8. The molecule has 0 fully saturated rings. The van der Waals surface area contributed by atoms with Gasteiger partial charge in [-0.2, -0.15) is 0 Å². The fourth-order valence-electron chi connectivity index (χ4n) is 2.60.